The second kappa shape index (κ2) is 6.02. The van der Waals surface area contributed by atoms with Crippen molar-refractivity contribution in [2.45, 2.75) is 56.0 Å². The number of sulfonamides is 1. The zero-order valence-corrected chi connectivity index (χ0v) is 13.2. The van der Waals surface area contributed by atoms with Gasteiger partial charge in [-0.2, -0.15) is 0 Å². The Bertz CT molecular complexity index is 581. The molecule has 1 aliphatic rings. The van der Waals surface area contributed by atoms with E-state index in [9.17, 15) is 8.42 Å². The molecular weight excluding hydrogens is 296 g/mol. The van der Waals surface area contributed by atoms with Crippen molar-refractivity contribution in [3.8, 4) is 0 Å². The van der Waals surface area contributed by atoms with E-state index in [4.69, 9.17) is 17.3 Å². The summed E-state index contributed by atoms with van der Waals surface area (Å²) in [6.45, 7) is 2.20. The van der Waals surface area contributed by atoms with Crippen LogP contribution in [0.4, 0.5) is 0 Å². The quantitative estimate of drug-likeness (QED) is 0.897. The largest absolute Gasteiger partial charge is 0.326 e. The molecule has 0 atom stereocenters. The molecular formula is C14H21ClN2O2S. The summed E-state index contributed by atoms with van der Waals surface area (Å²) >= 11 is 5.97. The van der Waals surface area contributed by atoms with Crippen molar-refractivity contribution in [3.63, 3.8) is 0 Å². The van der Waals surface area contributed by atoms with E-state index in [0.717, 1.165) is 25.7 Å². The minimum atomic E-state index is -3.53. The van der Waals surface area contributed by atoms with Gasteiger partial charge in [0.25, 0.3) is 0 Å². The van der Waals surface area contributed by atoms with Crippen molar-refractivity contribution in [2.75, 3.05) is 0 Å². The third kappa shape index (κ3) is 3.52. The summed E-state index contributed by atoms with van der Waals surface area (Å²) in [5.41, 5.74) is 5.87. The fourth-order valence-electron chi connectivity index (χ4n) is 2.69. The highest BCUT2D eigenvalue weighted by Gasteiger charge is 2.32. The zero-order chi connectivity index (χ0) is 14.8. The van der Waals surface area contributed by atoms with E-state index in [-0.39, 0.29) is 17.0 Å². The molecule has 0 amide bonds. The summed E-state index contributed by atoms with van der Waals surface area (Å²) in [5, 5.41) is 0.496. The molecule has 112 valence electrons. The Balaban J connectivity index is 2.26. The van der Waals surface area contributed by atoms with Crippen LogP contribution in [0.3, 0.4) is 0 Å². The van der Waals surface area contributed by atoms with Gasteiger partial charge in [-0.25, -0.2) is 13.1 Å². The molecule has 3 N–H and O–H groups in total. The summed E-state index contributed by atoms with van der Waals surface area (Å²) in [4.78, 5) is 0.231. The Kier molecular flexibility index (Phi) is 4.74. The van der Waals surface area contributed by atoms with Gasteiger partial charge in [-0.3, -0.25) is 0 Å². The first kappa shape index (κ1) is 15.8. The molecule has 0 aromatic heterocycles. The van der Waals surface area contributed by atoms with Crippen LogP contribution in [0.5, 0.6) is 0 Å². The van der Waals surface area contributed by atoms with E-state index in [1.165, 1.54) is 12.5 Å². The molecule has 0 bridgehead atoms. The minimum absolute atomic E-state index is 0.222. The normalized spacial score (nSPS) is 18.9. The Morgan fingerprint density at radius 1 is 1.30 bits per heavy atom. The van der Waals surface area contributed by atoms with Gasteiger partial charge in [0, 0.05) is 17.1 Å². The summed E-state index contributed by atoms with van der Waals surface area (Å²) in [5.74, 6) is 0. The third-order valence-electron chi connectivity index (χ3n) is 3.89. The fourth-order valence-corrected chi connectivity index (χ4v) is 4.40. The predicted octanol–water partition coefficient (Wildman–Crippen LogP) is 2.80. The number of nitrogens with two attached hydrogens (primary N) is 1. The molecule has 6 heteroatoms. The second-order valence-corrected chi connectivity index (χ2v) is 7.77. The van der Waals surface area contributed by atoms with E-state index in [1.54, 1.807) is 12.1 Å². The zero-order valence-electron chi connectivity index (χ0n) is 11.7. The molecule has 20 heavy (non-hydrogen) atoms. The molecule has 0 heterocycles. The van der Waals surface area contributed by atoms with Crippen LogP contribution in [0.1, 0.15) is 44.6 Å². The molecule has 1 fully saturated rings. The fraction of sp³-hybridized carbons (Fsp3) is 0.571. The van der Waals surface area contributed by atoms with Crippen LogP contribution in [0.2, 0.25) is 5.02 Å². The standard InChI is InChI=1S/C14H21ClN2O2S/c1-14(7-3-2-4-8-14)17-20(18,19)12-5-6-13(15)11(9-12)10-16/h5-6,9,17H,2-4,7-8,10,16H2,1H3. The molecule has 1 saturated carbocycles. The molecule has 1 aromatic rings. The Hall–Kier alpha value is -0.620. The van der Waals surface area contributed by atoms with Crippen molar-refractivity contribution in [1.29, 1.82) is 0 Å². The molecule has 1 aromatic carbocycles. The summed E-state index contributed by atoms with van der Waals surface area (Å²) in [6, 6.07) is 4.66. The van der Waals surface area contributed by atoms with Crippen molar-refractivity contribution < 1.29 is 8.42 Å². The van der Waals surface area contributed by atoms with Gasteiger partial charge in [-0.1, -0.05) is 30.9 Å². The van der Waals surface area contributed by atoms with Crippen LogP contribution < -0.4 is 10.5 Å². The highest BCUT2D eigenvalue weighted by Crippen LogP contribution is 2.30. The third-order valence-corrected chi connectivity index (χ3v) is 5.89. The van der Waals surface area contributed by atoms with Crippen LogP contribution in [0, 0.1) is 0 Å². The molecule has 1 aliphatic carbocycles. The lowest BCUT2D eigenvalue weighted by molar-refractivity contribution is 0.294. The molecule has 2 rings (SSSR count). The van der Waals surface area contributed by atoms with Crippen LogP contribution in [0.15, 0.2) is 23.1 Å². The molecule has 0 spiro atoms. The number of benzene rings is 1. The van der Waals surface area contributed by atoms with Crippen LogP contribution in [0.25, 0.3) is 0 Å². The summed E-state index contributed by atoms with van der Waals surface area (Å²) in [7, 11) is -3.53. The maximum Gasteiger partial charge on any atom is 0.241 e. The Morgan fingerprint density at radius 2 is 1.95 bits per heavy atom. The lowest BCUT2D eigenvalue weighted by atomic mass is 9.84. The SMILES string of the molecule is CC1(NS(=O)(=O)c2ccc(Cl)c(CN)c2)CCCCC1. The number of hydrogen-bond donors (Lipinski definition) is 2. The Labute approximate surface area is 125 Å². The van der Waals surface area contributed by atoms with Gasteiger partial charge < -0.3 is 5.73 Å². The number of nitrogens with one attached hydrogen (secondary N) is 1. The average molecular weight is 317 g/mol. The van der Waals surface area contributed by atoms with Gasteiger partial charge in [0.1, 0.15) is 0 Å². The van der Waals surface area contributed by atoms with Crippen LogP contribution in [-0.2, 0) is 16.6 Å². The number of rotatable bonds is 4. The predicted molar refractivity (Wildman–Crippen MR) is 81.2 cm³/mol. The van der Waals surface area contributed by atoms with E-state index < -0.39 is 10.0 Å². The maximum absolute atomic E-state index is 12.5. The van der Waals surface area contributed by atoms with Gasteiger partial charge in [0.15, 0.2) is 0 Å². The van der Waals surface area contributed by atoms with E-state index in [2.05, 4.69) is 4.72 Å². The van der Waals surface area contributed by atoms with Crippen molar-refractivity contribution in [3.05, 3.63) is 28.8 Å². The topological polar surface area (TPSA) is 72.2 Å². The second-order valence-electron chi connectivity index (χ2n) is 5.68. The average Bonchev–Trinajstić information content (AvgIpc) is 2.38. The molecule has 4 nitrogen and oxygen atoms in total. The van der Waals surface area contributed by atoms with Gasteiger partial charge in [-0.15, -0.1) is 0 Å². The lowest BCUT2D eigenvalue weighted by Crippen LogP contribution is -2.47. The highest BCUT2D eigenvalue weighted by molar-refractivity contribution is 7.89. The first-order chi connectivity index (χ1) is 9.36. The monoisotopic (exact) mass is 316 g/mol. The molecule has 0 unspecified atom stereocenters. The Morgan fingerprint density at radius 3 is 2.55 bits per heavy atom. The lowest BCUT2D eigenvalue weighted by Gasteiger charge is -2.34. The molecule has 0 saturated heterocycles. The first-order valence-corrected chi connectivity index (χ1v) is 8.75. The van der Waals surface area contributed by atoms with E-state index >= 15 is 0 Å². The summed E-state index contributed by atoms with van der Waals surface area (Å²) < 4.78 is 27.8. The van der Waals surface area contributed by atoms with E-state index in [1.807, 2.05) is 6.92 Å². The summed E-state index contributed by atoms with van der Waals surface area (Å²) in [6.07, 6.45) is 5.06. The van der Waals surface area contributed by atoms with Gasteiger partial charge in [0.05, 0.1) is 4.90 Å². The van der Waals surface area contributed by atoms with Crippen molar-refractivity contribution in [2.24, 2.45) is 5.73 Å². The number of halogens is 1. The van der Waals surface area contributed by atoms with Crippen molar-refractivity contribution in [1.82, 2.24) is 4.72 Å². The molecule has 0 radical (unpaired) electrons. The van der Waals surface area contributed by atoms with E-state index in [0.29, 0.717) is 10.6 Å². The van der Waals surface area contributed by atoms with Gasteiger partial charge in [0.2, 0.25) is 10.0 Å². The maximum atomic E-state index is 12.5. The molecule has 0 aliphatic heterocycles. The van der Waals surface area contributed by atoms with Crippen LogP contribution >= 0.6 is 11.6 Å². The van der Waals surface area contributed by atoms with Gasteiger partial charge >= 0.3 is 0 Å². The van der Waals surface area contributed by atoms with Crippen molar-refractivity contribution >= 4 is 21.6 Å². The highest BCUT2D eigenvalue weighted by atomic mass is 35.5. The minimum Gasteiger partial charge on any atom is -0.326 e. The van der Waals surface area contributed by atoms with Crippen LogP contribution in [-0.4, -0.2) is 14.0 Å². The van der Waals surface area contributed by atoms with Gasteiger partial charge in [-0.05, 0) is 43.5 Å². The first-order valence-electron chi connectivity index (χ1n) is 6.89. The number of hydrogen-bond acceptors (Lipinski definition) is 3. The smallest absolute Gasteiger partial charge is 0.241 e.